The van der Waals surface area contributed by atoms with Crippen LogP contribution in [0.5, 0.6) is 0 Å². The molecule has 2 fully saturated rings. The van der Waals surface area contributed by atoms with Crippen LogP contribution in [0.15, 0.2) is 18.0 Å². The number of carboxylic acid groups (broad SMARTS) is 1. The Balaban J connectivity index is 0.000000321. The van der Waals surface area contributed by atoms with Crippen molar-refractivity contribution < 1.29 is 27.9 Å². The molecule has 0 saturated carbocycles. The van der Waals surface area contributed by atoms with Gasteiger partial charge in [0, 0.05) is 43.5 Å². The Bertz CT molecular complexity index is 692. The summed E-state index contributed by atoms with van der Waals surface area (Å²) in [6.07, 6.45) is -0.512. The first-order valence-corrected chi connectivity index (χ1v) is 9.37. The molecule has 2 aliphatic rings. The van der Waals surface area contributed by atoms with E-state index in [1.54, 1.807) is 11.3 Å². The number of halogens is 3. The molecule has 3 heterocycles. The lowest BCUT2D eigenvalue weighted by molar-refractivity contribution is -0.192. The van der Waals surface area contributed by atoms with Crippen LogP contribution >= 0.6 is 11.3 Å². The quantitative estimate of drug-likeness (QED) is 0.780. The molecule has 2 aliphatic heterocycles. The molecular formula is C17H22F3N3O3S. The molecule has 2 saturated heterocycles. The predicted molar refractivity (Wildman–Crippen MR) is 94.3 cm³/mol. The first-order chi connectivity index (χ1) is 12.6. The van der Waals surface area contributed by atoms with Gasteiger partial charge in [-0.3, -0.25) is 9.69 Å². The number of aliphatic carboxylic acids is 1. The van der Waals surface area contributed by atoms with Crippen molar-refractivity contribution in [1.29, 1.82) is 0 Å². The maximum absolute atomic E-state index is 12.0. The molecule has 0 spiro atoms. The van der Waals surface area contributed by atoms with Crippen LogP contribution in [-0.4, -0.2) is 63.1 Å². The molecule has 0 aliphatic carbocycles. The van der Waals surface area contributed by atoms with Crippen LogP contribution in [0.25, 0.3) is 0 Å². The zero-order chi connectivity index (χ0) is 20.2. The Morgan fingerprint density at radius 1 is 1.44 bits per heavy atom. The van der Waals surface area contributed by atoms with E-state index in [1.165, 1.54) is 5.69 Å². The summed E-state index contributed by atoms with van der Waals surface area (Å²) in [6, 6.07) is 0.864. The van der Waals surface area contributed by atoms with Gasteiger partial charge in [-0.05, 0) is 19.8 Å². The summed E-state index contributed by atoms with van der Waals surface area (Å²) in [5, 5.41) is 10.4. The summed E-state index contributed by atoms with van der Waals surface area (Å²) in [6.45, 7) is 8.49. The number of thiazole rings is 1. The molecule has 27 heavy (non-hydrogen) atoms. The Kier molecular flexibility index (Phi) is 6.99. The van der Waals surface area contributed by atoms with Gasteiger partial charge < -0.3 is 10.0 Å². The van der Waals surface area contributed by atoms with Crippen molar-refractivity contribution in [2.75, 3.05) is 13.1 Å². The van der Waals surface area contributed by atoms with Gasteiger partial charge in [0.15, 0.2) is 0 Å². The molecule has 0 aromatic carbocycles. The van der Waals surface area contributed by atoms with Crippen LogP contribution in [-0.2, 0) is 16.1 Å². The molecule has 0 bridgehead atoms. The number of hydrogen-bond donors (Lipinski definition) is 1. The minimum Gasteiger partial charge on any atom is -0.475 e. The lowest BCUT2D eigenvalue weighted by atomic mass is 9.96. The van der Waals surface area contributed by atoms with E-state index in [4.69, 9.17) is 9.90 Å². The van der Waals surface area contributed by atoms with Crippen molar-refractivity contribution in [3.8, 4) is 0 Å². The fourth-order valence-electron chi connectivity index (χ4n) is 3.50. The molecule has 1 amide bonds. The Morgan fingerprint density at radius 3 is 2.63 bits per heavy atom. The van der Waals surface area contributed by atoms with Gasteiger partial charge in [-0.15, -0.1) is 17.9 Å². The van der Waals surface area contributed by atoms with Crippen LogP contribution in [0.2, 0.25) is 0 Å². The van der Waals surface area contributed by atoms with E-state index in [1.807, 2.05) is 17.9 Å². The molecule has 6 nitrogen and oxygen atoms in total. The topological polar surface area (TPSA) is 73.7 Å². The maximum Gasteiger partial charge on any atom is 0.490 e. The van der Waals surface area contributed by atoms with E-state index < -0.39 is 12.1 Å². The second-order valence-corrected chi connectivity index (χ2v) is 7.49. The van der Waals surface area contributed by atoms with Gasteiger partial charge >= 0.3 is 12.1 Å². The van der Waals surface area contributed by atoms with Gasteiger partial charge in [-0.25, -0.2) is 9.78 Å². The molecule has 1 N–H and O–H groups in total. The van der Waals surface area contributed by atoms with Gasteiger partial charge in [0.2, 0.25) is 5.91 Å². The Labute approximate surface area is 159 Å². The highest BCUT2D eigenvalue weighted by Crippen LogP contribution is 2.32. The number of nitrogens with zero attached hydrogens (tertiary/aromatic N) is 3. The predicted octanol–water partition coefficient (Wildman–Crippen LogP) is 2.84. The molecule has 150 valence electrons. The van der Waals surface area contributed by atoms with Gasteiger partial charge in [0.05, 0.1) is 10.7 Å². The van der Waals surface area contributed by atoms with E-state index in [0.29, 0.717) is 25.0 Å². The normalized spacial score (nSPS) is 22.8. The summed E-state index contributed by atoms with van der Waals surface area (Å²) in [5.74, 6) is -2.47. The lowest BCUT2D eigenvalue weighted by Crippen LogP contribution is -2.52. The second kappa shape index (κ2) is 8.83. The summed E-state index contributed by atoms with van der Waals surface area (Å²) in [4.78, 5) is 30.0. The largest absolute Gasteiger partial charge is 0.490 e. The number of carbonyl (C=O) groups excluding carboxylic acids is 1. The van der Waals surface area contributed by atoms with Crippen LogP contribution < -0.4 is 0 Å². The smallest absolute Gasteiger partial charge is 0.475 e. The van der Waals surface area contributed by atoms with Crippen molar-refractivity contribution in [3.63, 3.8) is 0 Å². The molecule has 3 rings (SSSR count). The third-order valence-electron chi connectivity index (χ3n) is 4.60. The van der Waals surface area contributed by atoms with Gasteiger partial charge in [0.25, 0.3) is 0 Å². The van der Waals surface area contributed by atoms with E-state index in [9.17, 15) is 18.0 Å². The highest BCUT2D eigenvalue weighted by molar-refractivity contribution is 7.09. The monoisotopic (exact) mass is 405 g/mol. The fourth-order valence-corrected chi connectivity index (χ4v) is 4.10. The number of alkyl halides is 3. The number of carboxylic acids is 1. The minimum absolute atomic E-state index is 0.289. The molecular weight excluding hydrogens is 383 g/mol. The molecule has 0 radical (unpaired) electrons. The SMILES string of the molecule is C=CCN1C(=O)CC[C@@H]2[C@H]1CCN2Cc1csc(C)n1.O=C(O)C(F)(F)F. The third kappa shape index (κ3) is 5.52. The van der Waals surface area contributed by atoms with Crippen molar-refractivity contribution in [1.82, 2.24) is 14.8 Å². The summed E-state index contributed by atoms with van der Waals surface area (Å²) >= 11 is 1.71. The van der Waals surface area contributed by atoms with Crippen LogP contribution in [0.4, 0.5) is 13.2 Å². The zero-order valence-corrected chi connectivity index (χ0v) is 15.7. The van der Waals surface area contributed by atoms with Crippen LogP contribution in [0, 0.1) is 6.92 Å². The number of aryl methyl sites for hydroxylation is 1. The zero-order valence-electron chi connectivity index (χ0n) is 14.9. The van der Waals surface area contributed by atoms with E-state index in [2.05, 4.69) is 21.8 Å². The minimum atomic E-state index is -5.08. The Morgan fingerprint density at radius 2 is 2.11 bits per heavy atom. The van der Waals surface area contributed by atoms with Gasteiger partial charge in [-0.1, -0.05) is 6.08 Å². The average Bonchev–Trinajstić information content (AvgIpc) is 3.17. The summed E-state index contributed by atoms with van der Waals surface area (Å²) in [7, 11) is 0. The molecule has 10 heteroatoms. The number of fused-ring (bicyclic) bond motifs is 1. The summed E-state index contributed by atoms with van der Waals surface area (Å²) < 4.78 is 31.7. The number of piperidine rings is 1. The number of likely N-dealkylation sites (tertiary alicyclic amines) is 2. The number of rotatable bonds is 4. The van der Waals surface area contributed by atoms with Crippen molar-refractivity contribution in [2.24, 2.45) is 0 Å². The standard InChI is InChI=1S/C15H21N3OS.C2HF3O2/c1-3-7-18-14-6-8-17(13(14)4-5-15(18)19)9-12-10-20-11(2)16-12;3-2(4,5)1(6)7/h3,10,13-14H,1,4-9H2,2H3;(H,6,7)/t13-,14-;/m1./s1. The van der Waals surface area contributed by atoms with E-state index >= 15 is 0 Å². The maximum atomic E-state index is 12.0. The lowest BCUT2D eigenvalue weighted by Gasteiger charge is -2.39. The number of carbonyl (C=O) groups is 2. The fraction of sp³-hybridized carbons (Fsp3) is 0.588. The van der Waals surface area contributed by atoms with Gasteiger partial charge in [0.1, 0.15) is 0 Å². The average molecular weight is 405 g/mol. The number of hydrogen-bond acceptors (Lipinski definition) is 5. The number of amides is 1. The first kappa shape index (κ1) is 21.4. The molecule has 0 unspecified atom stereocenters. The van der Waals surface area contributed by atoms with Gasteiger partial charge in [-0.2, -0.15) is 13.2 Å². The molecule has 1 aromatic rings. The van der Waals surface area contributed by atoms with Crippen molar-refractivity contribution in [2.45, 2.75) is 51.0 Å². The first-order valence-electron chi connectivity index (χ1n) is 8.49. The van der Waals surface area contributed by atoms with Crippen molar-refractivity contribution >= 4 is 23.2 Å². The van der Waals surface area contributed by atoms with Crippen LogP contribution in [0.1, 0.15) is 30.0 Å². The molecule has 2 atom stereocenters. The summed E-state index contributed by atoms with van der Waals surface area (Å²) in [5.41, 5.74) is 1.17. The molecule has 1 aromatic heterocycles. The second-order valence-electron chi connectivity index (χ2n) is 6.43. The van der Waals surface area contributed by atoms with Crippen LogP contribution in [0.3, 0.4) is 0 Å². The van der Waals surface area contributed by atoms with Crippen molar-refractivity contribution in [3.05, 3.63) is 28.7 Å². The highest BCUT2D eigenvalue weighted by Gasteiger charge is 2.42. The third-order valence-corrected chi connectivity index (χ3v) is 5.42. The van der Waals surface area contributed by atoms with E-state index in [-0.39, 0.29) is 5.91 Å². The Hall–Kier alpha value is -1.94. The van der Waals surface area contributed by atoms with E-state index in [0.717, 1.165) is 30.9 Å². The highest BCUT2D eigenvalue weighted by atomic mass is 32.1. The number of aromatic nitrogens is 1.